The van der Waals surface area contributed by atoms with Crippen LogP contribution in [0.15, 0.2) is 58.2 Å². The number of pyridine rings is 1. The van der Waals surface area contributed by atoms with Crippen LogP contribution >= 0.6 is 0 Å². The lowest BCUT2D eigenvalue weighted by Gasteiger charge is -2.25. The predicted molar refractivity (Wildman–Crippen MR) is 147 cm³/mol. The highest BCUT2D eigenvalue weighted by atomic mass is 32.2. The van der Waals surface area contributed by atoms with E-state index >= 15 is 0 Å². The van der Waals surface area contributed by atoms with Gasteiger partial charge in [-0.05, 0) is 61.7 Å². The van der Waals surface area contributed by atoms with Crippen molar-refractivity contribution in [1.82, 2.24) is 9.29 Å². The number of rotatable bonds is 8. The molecule has 39 heavy (non-hydrogen) atoms. The van der Waals surface area contributed by atoms with E-state index in [-0.39, 0.29) is 24.8 Å². The molecular weight excluding hydrogens is 520 g/mol. The summed E-state index contributed by atoms with van der Waals surface area (Å²) >= 11 is 0. The third-order valence-corrected chi connectivity index (χ3v) is 8.87. The summed E-state index contributed by atoms with van der Waals surface area (Å²) in [7, 11) is -0.971. The molecule has 2 heterocycles. The molecule has 1 aromatic heterocycles. The standard InChI is InChI=1S/C29H30N2O7S/c1-17-8-18(2)28(19(3)9-17)39(33,34)31(14-20-6-7-24-27(10-20)38-16-37-24)15-22-11-21-12-25(35-4)26(36-5)13-23(21)30-29(22)32/h6-13H,14-16H2,1-5H3,(H,30,32). The van der Waals surface area contributed by atoms with E-state index in [1.165, 1.54) is 18.5 Å². The fraction of sp³-hybridized carbons (Fsp3) is 0.276. The van der Waals surface area contributed by atoms with Crippen LogP contribution in [0.3, 0.4) is 0 Å². The van der Waals surface area contributed by atoms with E-state index in [1.807, 2.05) is 19.1 Å². The zero-order valence-corrected chi connectivity index (χ0v) is 23.3. The maximum atomic E-state index is 14.2. The van der Waals surface area contributed by atoms with Crippen LogP contribution in [0.2, 0.25) is 0 Å². The van der Waals surface area contributed by atoms with Gasteiger partial charge >= 0.3 is 0 Å². The number of sulfonamides is 1. The molecule has 0 amide bonds. The summed E-state index contributed by atoms with van der Waals surface area (Å²) in [6, 6.07) is 14.1. The van der Waals surface area contributed by atoms with Crippen LogP contribution in [-0.2, 0) is 23.1 Å². The summed E-state index contributed by atoms with van der Waals surface area (Å²) in [4.78, 5) is 16.3. The van der Waals surface area contributed by atoms with Crippen LogP contribution in [0, 0.1) is 20.8 Å². The average molecular weight is 551 g/mol. The maximum Gasteiger partial charge on any atom is 0.252 e. The molecule has 0 atom stereocenters. The van der Waals surface area contributed by atoms with Gasteiger partial charge in [-0.25, -0.2) is 8.42 Å². The molecule has 5 rings (SSSR count). The minimum atomic E-state index is -4.02. The van der Waals surface area contributed by atoms with Crippen LogP contribution in [0.25, 0.3) is 10.9 Å². The topological polar surface area (TPSA) is 107 Å². The van der Waals surface area contributed by atoms with Gasteiger partial charge in [0.25, 0.3) is 5.56 Å². The molecule has 1 aliphatic rings. The molecule has 0 spiro atoms. The number of aryl methyl sites for hydroxylation is 3. The summed E-state index contributed by atoms with van der Waals surface area (Å²) in [6.45, 7) is 5.49. The molecule has 1 N–H and O–H groups in total. The Hall–Kier alpha value is -4.02. The summed E-state index contributed by atoms with van der Waals surface area (Å²) in [5, 5.41) is 0.686. The van der Waals surface area contributed by atoms with Crippen molar-refractivity contribution in [3.05, 3.63) is 86.7 Å². The molecule has 3 aromatic carbocycles. The molecule has 4 aromatic rings. The number of hydrogen-bond acceptors (Lipinski definition) is 7. The lowest BCUT2D eigenvalue weighted by atomic mass is 10.1. The number of methoxy groups -OCH3 is 2. The van der Waals surface area contributed by atoms with Crippen molar-refractivity contribution >= 4 is 20.9 Å². The highest BCUT2D eigenvalue weighted by Gasteiger charge is 2.30. The molecule has 0 saturated carbocycles. The Morgan fingerprint density at radius 1 is 0.872 bits per heavy atom. The van der Waals surface area contributed by atoms with E-state index in [0.29, 0.717) is 56.2 Å². The molecule has 0 saturated heterocycles. The number of aromatic nitrogens is 1. The monoisotopic (exact) mass is 550 g/mol. The molecule has 0 bridgehead atoms. The molecule has 0 radical (unpaired) electrons. The predicted octanol–water partition coefficient (Wildman–Crippen LogP) is 4.59. The summed E-state index contributed by atoms with van der Waals surface area (Å²) in [5.41, 5.74) is 3.42. The molecule has 0 aliphatic carbocycles. The number of aromatic amines is 1. The normalized spacial score (nSPS) is 12.8. The zero-order chi connectivity index (χ0) is 27.9. The maximum absolute atomic E-state index is 14.2. The van der Waals surface area contributed by atoms with Crippen LogP contribution in [-0.4, -0.2) is 38.7 Å². The quantitative estimate of drug-likeness (QED) is 0.342. The molecular formula is C29H30N2O7S. The molecule has 9 nitrogen and oxygen atoms in total. The molecule has 10 heteroatoms. The van der Waals surface area contributed by atoms with Crippen molar-refractivity contribution in [2.45, 2.75) is 38.8 Å². The SMILES string of the molecule is COc1cc2cc(CN(Cc3ccc4c(c3)OCO4)S(=O)(=O)c3c(C)cc(C)cc3C)c(=O)[nH]c2cc1OC. The molecule has 204 valence electrons. The summed E-state index contributed by atoms with van der Waals surface area (Å²) in [6.07, 6.45) is 0. The van der Waals surface area contributed by atoms with Crippen molar-refractivity contribution in [1.29, 1.82) is 0 Å². The first-order chi connectivity index (χ1) is 18.6. The third kappa shape index (κ3) is 5.05. The van der Waals surface area contributed by atoms with Gasteiger partial charge < -0.3 is 23.9 Å². The van der Waals surface area contributed by atoms with Crippen molar-refractivity contribution < 1.29 is 27.4 Å². The van der Waals surface area contributed by atoms with Gasteiger partial charge in [-0.15, -0.1) is 0 Å². The van der Waals surface area contributed by atoms with Gasteiger partial charge in [0, 0.05) is 30.1 Å². The Morgan fingerprint density at radius 2 is 1.54 bits per heavy atom. The number of benzene rings is 3. The Labute approximate surface area is 226 Å². The van der Waals surface area contributed by atoms with Gasteiger partial charge in [-0.2, -0.15) is 4.31 Å². The van der Waals surface area contributed by atoms with Gasteiger partial charge in [0.1, 0.15) is 0 Å². The Bertz CT molecular complexity index is 1720. The van der Waals surface area contributed by atoms with Gasteiger partial charge in [0.15, 0.2) is 23.0 Å². The Morgan fingerprint density at radius 3 is 2.23 bits per heavy atom. The van der Waals surface area contributed by atoms with E-state index in [9.17, 15) is 13.2 Å². The fourth-order valence-corrected chi connectivity index (χ4v) is 6.88. The number of hydrogen-bond donors (Lipinski definition) is 1. The second-order valence-electron chi connectivity index (χ2n) is 9.61. The summed E-state index contributed by atoms with van der Waals surface area (Å²) in [5.74, 6) is 2.13. The number of nitrogens with one attached hydrogen (secondary N) is 1. The fourth-order valence-electron chi connectivity index (χ4n) is 5.06. The van der Waals surface area contributed by atoms with Crippen molar-refractivity contribution in [3.8, 4) is 23.0 Å². The molecule has 1 aliphatic heterocycles. The van der Waals surface area contributed by atoms with Crippen LogP contribution in [0.4, 0.5) is 0 Å². The van der Waals surface area contributed by atoms with Crippen molar-refractivity contribution in [2.75, 3.05) is 21.0 Å². The van der Waals surface area contributed by atoms with Crippen LogP contribution < -0.4 is 24.5 Å². The Balaban J connectivity index is 1.61. The van der Waals surface area contributed by atoms with E-state index in [2.05, 4.69) is 4.98 Å². The second-order valence-corrected chi connectivity index (χ2v) is 11.5. The Kier molecular flexibility index (Phi) is 7.00. The second kappa shape index (κ2) is 10.3. The van der Waals surface area contributed by atoms with Crippen LogP contribution in [0.1, 0.15) is 27.8 Å². The smallest absolute Gasteiger partial charge is 0.252 e. The van der Waals surface area contributed by atoms with E-state index in [1.54, 1.807) is 50.2 Å². The van der Waals surface area contributed by atoms with Gasteiger partial charge in [-0.3, -0.25) is 4.79 Å². The number of nitrogens with zero attached hydrogens (tertiary/aromatic N) is 1. The largest absolute Gasteiger partial charge is 0.493 e. The number of ether oxygens (including phenoxy) is 4. The lowest BCUT2D eigenvalue weighted by Crippen LogP contribution is -2.33. The van der Waals surface area contributed by atoms with Crippen LogP contribution in [0.5, 0.6) is 23.0 Å². The van der Waals surface area contributed by atoms with Gasteiger partial charge in [0.2, 0.25) is 16.8 Å². The van der Waals surface area contributed by atoms with E-state index in [0.717, 1.165) is 5.56 Å². The van der Waals surface area contributed by atoms with E-state index in [4.69, 9.17) is 18.9 Å². The minimum Gasteiger partial charge on any atom is -0.493 e. The average Bonchev–Trinajstić information content (AvgIpc) is 3.35. The number of H-pyrrole nitrogens is 1. The zero-order valence-electron chi connectivity index (χ0n) is 22.5. The van der Waals surface area contributed by atoms with Crippen molar-refractivity contribution in [2.24, 2.45) is 0 Å². The number of fused-ring (bicyclic) bond motifs is 2. The van der Waals surface area contributed by atoms with E-state index < -0.39 is 15.6 Å². The van der Waals surface area contributed by atoms with Gasteiger partial charge in [0.05, 0.1) is 24.6 Å². The van der Waals surface area contributed by atoms with Crippen molar-refractivity contribution in [3.63, 3.8) is 0 Å². The summed E-state index contributed by atoms with van der Waals surface area (Å²) < 4.78 is 51.4. The first kappa shape index (κ1) is 26.6. The molecule has 0 unspecified atom stereocenters. The molecule has 0 fully saturated rings. The first-order valence-electron chi connectivity index (χ1n) is 12.3. The highest BCUT2D eigenvalue weighted by molar-refractivity contribution is 7.89. The highest BCUT2D eigenvalue weighted by Crippen LogP contribution is 2.35. The minimum absolute atomic E-state index is 0.0230. The lowest BCUT2D eigenvalue weighted by molar-refractivity contribution is 0.174. The first-order valence-corrected chi connectivity index (χ1v) is 13.8. The van der Waals surface area contributed by atoms with Gasteiger partial charge in [-0.1, -0.05) is 23.8 Å². The third-order valence-electron chi connectivity index (χ3n) is 6.77.